The number of rotatable bonds is 1. The summed E-state index contributed by atoms with van der Waals surface area (Å²) in [6.07, 6.45) is -4.51. The molecule has 3 nitrogen and oxygen atoms in total. The molecule has 0 saturated heterocycles. The van der Waals surface area contributed by atoms with E-state index in [1.54, 1.807) is 24.3 Å². The number of hydrogen-bond donors (Lipinski definition) is 1. The first-order valence-electron chi connectivity index (χ1n) is 4.36. The van der Waals surface area contributed by atoms with Gasteiger partial charge in [-0.2, -0.15) is 13.2 Å². The summed E-state index contributed by atoms with van der Waals surface area (Å²) in [7, 11) is 0. The molecule has 0 unspecified atom stereocenters. The molecule has 1 heterocycles. The van der Waals surface area contributed by atoms with Crippen molar-refractivity contribution in [2.45, 2.75) is 6.18 Å². The van der Waals surface area contributed by atoms with Gasteiger partial charge in [0.2, 0.25) is 5.76 Å². The van der Waals surface area contributed by atoms with Gasteiger partial charge in [-0.25, -0.2) is 0 Å². The molecule has 6 heteroatoms. The van der Waals surface area contributed by atoms with Crippen molar-refractivity contribution in [2.75, 3.05) is 5.73 Å². The second-order valence-corrected chi connectivity index (χ2v) is 3.20. The highest BCUT2D eigenvalue weighted by molar-refractivity contribution is 5.61. The zero-order chi connectivity index (χ0) is 11.8. The molecule has 0 fully saturated rings. The SMILES string of the molecule is Nc1ccc(-c2cc(C(F)(F)F)on2)cc1. The number of hydrogen-bond acceptors (Lipinski definition) is 3. The fraction of sp³-hybridized carbons (Fsp3) is 0.100. The molecule has 1 aromatic heterocycles. The van der Waals surface area contributed by atoms with Crippen molar-refractivity contribution in [3.05, 3.63) is 36.1 Å². The Morgan fingerprint density at radius 2 is 1.75 bits per heavy atom. The van der Waals surface area contributed by atoms with Crippen LogP contribution < -0.4 is 5.73 Å². The highest BCUT2D eigenvalue weighted by Gasteiger charge is 2.36. The minimum absolute atomic E-state index is 0.132. The van der Waals surface area contributed by atoms with Gasteiger partial charge < -0.3 is 10.3 Å². The lowest BCUT2D eigenvalue weighted by atomic mass is 10.1. The fourth-order valence-corrected chi connectivity index (χ4v) is 1.20. The van der Waals surface area contributed by atoms with Crippen LogP contribution in [0.3, 0.4) is 0 Å². The van der Waals surface area contributed by atoms with Crippen LogP contribution in [0.5, 0.6) is 0 Å². The van der Waals surface area contributed by atoms with E-state index >= 15 is 0 Å². The number of aromatic nitrogens is 1. The predicted molar refractivity (Wildman–Crippen MR) is 51.4 cm³/mol. The highest BCUT2D eigenvalue weighted by Crippen LogP contribution is 2.32. The Labute approximate surface area is 88.7 Å². The molecule has 0 aliphatic heterocycles. The molecule has 2 rings (SSSR count). The Hall–Kier alpha value is -1.98. The summed E-state index contributed by atoms with van der Waals surface area (Å²) in [5.41, 5.74) is 6.64. The predicted octanol–water partition coefficient (Wildman–Crippen LogP) is 2.94. The van der Waals surface area contributed by atoms with E-state index in [9.17, 15) is 13.2 Å². The van der Waals surface area contributed by atoms with Crippen molar-refractivity contribution in [3.8, 4) is 11.3 Å². The zero-order valence-corrected chi connectivity index (χ0v) is 7.95. The van der Waals surface area contributed by atoms with E-state index in [0.717, 1.165) is 6.07 Å². The molecule has 16 heavy (non-hydrogen) atoms. The summed E-state index contributed by atoms with van der Waals surface area (Å²) in [4.78, 5) is 0. The summed E-state index contributed by atoms with van der Waals surface area (Å²) in [6, 6.07) is 7.17. The zero-order valence-electron chi connectivity index (χ0n) is 7.95. The third-order valence-electron chi connectivity index (χ3n) is 2.00. The number of anilines is 1. The van der Waals surface area contributed by atoms with E-state index in [1.165, 1.54) is 0 Å². The van der Waals surface area contributed by atoms with Gasteiger partial charge in [0, 0.05) is 17.3 Å². The van der Waals surface area contributed by atoms with Crippen LogP contribution in [0, 0.1) is 0 Å². The van der Waals surface area contributed by atoms with E-state index < -0.39 is 11.9 Å². The third-order valence-corrected chi connectivity index (χ3v) is 2.00. The Kier molecular flexibility index (Phi) is 2.34. The molecular weight excluding hydrogens is 221 g/mol. The first kappa shape index (κ1) is 10.5. The standard InChI is InChI=1S/C10H7F3N2O/c11-10(12,13)9-5-8(15-16-9)6-1-3-7(14)4-2-6/h1-5H,14H2. The third kappa shape index (κ3) is 2.00. The summed E-state index contributed by atoms with van der Waals surface area (Å²) < 4.78 is 40.9. The van der Waals surface area contributed by atoms with Gasteiger partial charge in [-0.1, -0.05) is 17.3 Å². The van der Waals surface area contributed by atoms with Crippen LogP contribution in [0.1, 0.15) is 5.76 Å². The molecule has 1 aromatic carbocycles. The van der Waals surface area contributed by atoms with Gasteiger partial charge in [0.25, 0.3) is 0 Å². The Bertz CT molecular complexity index is 488. The van der Waals surface area contributed by atoms with Crippen molar-refractivity contribution in [3.63, 3.8) is 0 Å². The van der Waals surface area contributed by atoms with Crippen LogP contribution in [0.15, 0.2) is 34.9 Å². The molecule has 2 aromatic rings. The van der Waals surface area contributed by atoms with Crippen LogP contribution in [-0.2, 0) is 6.18 Å². The van der Waals surface area contributed by atoms with Gasteiger partial charge >= 0.3 is 6.18 Å². The number of halogens is 3. The van der Waals surface area contributed by atoms with Crippen molar-refractivity contribution in [1.82, 2.24) is 5.16 Å². The van der Waals surface area contributed by atoms with Crippen LogP contribution >= 0.6 is 0 Å². The van der Waals surface area contributed by atoms with Crippen LogP contribution in [0.4, 0.5) is 18.9 Å². The summed E-state index contributed by atoms with van der Waals surface area (Å²) >= 11 is 0. The monoisotopic (exact) mass is 228 g/mol. The topological polar surface area (TPSA) is 52.0 Å². The van der Waals surface area contributed by atoms with Gasteiger partial charge in [-0.3, -0.25) is 0 Å². The summed E-state index contributed by atoms with van der Waals surface area (Å²) in [6.45, 7) is 0. The average Bonchev–Trinajstić information content (AvgIpc) is 2.67. The first-order chi connectivity index (χ1) is 7.47. The molecule has 0 aliphatic carbocycles. The van der Waals surface area contributed by atoms with Gasteiger partial charge in [-0.15, -0.1) is 0 Å². The second kappa shape index (κ2) is 3.55. The number of nitrogen functional groups attached to an aromatic ring is 1. The highest BCUT2D eigenvalue weighted by atomic mass is 19.4. The maximum Gasteiger partial charge on any atom is 0.452 e. The van der Waals surface area contributed by atoms with Gasteiger partial charge in [0.05, 0.1) is 0 Å². The van der Waals surface area contributed by atoms with Crippen molar-refractivity contribution < 1.29 is 17.7 Å². The lowest BCUT2D eigenvalue weighted by molar-refractivity contribution is -0.155. The molecule has 84 valence electrons. The van der Waals surface area contributed by atoms with Gasteiger partial charge in [0.1, 0.15) is 5.69 Å². The first-order valence-corrected chi connectivity index (χ1v) is 4.36. The minimum Gasteiger partial charge on any atom is -0.399 e. The largest absolute Gasteiger partial charge is 0.452 e. The van der Waals surface area contributed by atoms with E-state index in [0.29, 0.717) is 11.3 Å². The molecule has 0 saturated carbocycles. The molecular formula is C10H7F3N2O. The van der Waals surface area contributed by atoms with E-state index in [2.05, 4.69) is 9.68 Å². The maximum absolute atomic E-state index is 12.2. The molecule has 2 N–H and O–H groups in total. The lowest BCUT2D eigenvalue weighted by Gasteiger charge is -1.97. The van der Waals surface area contributed by atoms with Crippen LogP contribution in [-0.4, -0.2) is 5.16 Å². The molecule has 0 radical (unpaired) electrons. The number of alkyl halides is 3. The van der Waals surface area contributed by atoms with E-state index in [-0.39, 0.29) is 5.69 Å². The van der Waals surface area contributed by atoms with Crippen molar-refractivity contribution in [1.29, 1.82) is 0 Å². The summed E-state index contributed by atoms with van der Waals surface area (Å²) in [5.74, 6) is -1.11. The molecule has 0 spiro atoms. The molecule has 0 atom stereocenters. The van der Waals surface area contributed by atoms with Crippen molar-refractivity contribution >= 4 is 5.69 Å². The smallest absolute Gasteiger partial charge is 0.399 e. The maximum atomic E-state index is 12.2. The summed E-state index contributed by atoms with van der Waals surface area (Å²) in [5, 5.41) is 3.35. The fourth-order valence-electron chi connectivity index (χ4n) is 1.20. The lowest BCUT2D eigenvalue weighted by Crippen LogP contribution is -2.02. The molecule has 0 amide bonds. The Balaban J connectivity index is 2.35. The van der Waals surface area contributed by atoms with Gasteiger partial charge in [-0.05, 0) is 12.1 Å². The normalized spacial score (nSPS) is 11.7. The quantitative estimate of drug-likeness (QED) is 0.763. The Morgan fingerprint density at radius 1 is 1.12 bits per heavy atom. The molecule has 0 bridgehead atoms. The number of nitrogens with two attached hydrogens (primary N) is 1. The van der Waals surface area contributed by atoms with Crippen molar-refractivity contribution in [2.24, 2.45) is 0 Å². The number of nitrogens with zero attached hydrogens (tertiary/aromatic N) is 1. The minimum atomic E-state index is -4.51. The molecule has 0 aliphatic rings. The van der Waals surface area contributed by atoms with Gasteiger partial charge in [0.15, 0.2) is 0 Å². The average molecular weight is 228 g/mol. The van der Waals surface area contributed by atoms with E-state index in [1.807, 2.05) is 0 Å². The van der Waals surface area contributed by atoms with Crippen LogP contribution in [0.25, 0.3) is 11.3 Å². The van der Waals surface area contributed by atoms with Crippen LogP contribution in [0.2, 0.25) is 0 Å². The number of benzene rings is 1. The Morgan fingerprint density at radius 3 is 2.25 bits per heavy atom. The second-order valence-electron chi connectivity index (χ2n) is 3.20. The van der Waals surface area contributed by atoms with E-state index in [4.69, 9.17) is 5.73 Å².